The van der Waals surface area contributed by atoms with Crippen molar-refractivity contribution in [2.45, 2.75) is 174 Å². The van der Waals surface area contributed by atoms with E-state index in [9.17, 15) is 10.2 Å². The Bertz CT molecular complexity index is 860. The minimum atomic E-state index is 0.309. The number of hydrogen-bond donors (Lipinski definition) is 2. The topological polar surface area (TPSA) is 40.5 Å². The molecule has 0 aliphatic rings. The van der Waals surface area contributed by atoms with Crippen LogP contribution in [0.1, 0.15) is 184 Å². The Morgan fingerprint density at radius 3 is 1.15 bits per heavy atom. The molecule has 0 amide bonds. The number of aromatic hydroxyl groups is 2. The van der Waals surface area contributed by atoms with Gasteiger partial charge >= 0.3 is 0 Å². The van der Waals surface area contributed by atoms with Gasteiger partial charge in [-0.15, -0.1) is 0 Å². The van der Waals surface area contributed by atoms with Crippen LogP contribution in [0, 0.1) is 0 Å². The fourth-order valence-electron chi connectivity index (χ4n) is 6.20. The highest BCUT2D eigenvalue weighted by molar-refractivity contribution is 5.44. The van der Waals surface area contributed by atoms with E-state index in [0.717, 1.165) is 56.1 Å². The maximum atomic E-state index is 10.5. The molecule has 0 aromatic heterocycles. The van der Waals surface area contributed by atoms with Crippen molar-refractivity contribution in [3.05, 3.63) is 58.7 Å². The fraction of sp³-hybridized carbons (Fsp3) is 0.692. The lowest BCUT2D eigenvalue weighted by Gasteiger charge is -2.21. The van der Waals surface area contributed by atoms with E-state index in [2.05, 4.69) is 45.0 Å². The Balaban J connectivity index is 1.80. The minimum absolute atomic E-state index is 0.309. The van der Waals surface area contributed by atoms with Gasteiger partial charge in [0.25, 0.3) is 0 Å². The summed E-state index contributed by atoms with van der Waals surface area (Å²) in [6, 6.07) is 12.6. The fourth-order valence-corrected chi connectivity index (χ4v) is 6.20. The number of benzene rings is 2. The monoisotopic (exact) mass is 564 g/mol. The van der Waals surface area contributed by atoms with Crippen molar-refractivity contribution < 1.29 is 10.2 Å². The van der Waals surface area contributed by atoms with Gasteiger partial charge in [0.1, 0.15) is 11.5 Å². The van der Waals surface area contributed by atoms with Gasteiger partial charge in [0.05, 0.1) is 0 Å². The van der Waals surface area contributed by atoms with Crippen LogP contribution in [-0.4, -0.2) is 10.2 Å². The predicted molar refractivity (Wildman–Crippen MR) is 179 cm³/mol. The molecule has 2 N–H and O–H groups in total. The largest absolute Gasteiger partial charge is 0.508 e. The van der Waals surface area contributed by atoms with E-state index < -0.39 is 0 Å². The van der Waals surface area contributed by atoms with Crippen molar-refractivity contribution in [1.82, 2.24) is 0 Å². The van der Waals surface area contributed by atoms with E-state index in [0.29, 0.717) is 17.4 Å². The van der Waals surface area contributed by atoms with Gasteiger partial charge < -0.3 is 10.2 Å². The quantitative estimate of drug-likeness (QED) is 0.118. The third kappa shape index (κ3) is 14.7. The molecule has 0 atom stereocenters. The van der Waals surface area contributed by atoms with Crippen LogP contribution in [0.5, 0.6) is 11.5 Å². The first-order valence-electron chi connectivity index (χ1n) is 17.7. The van der Waals surface area contributed by atoms with Crippen molar-refractivity contribution in [1.29, 1.82) is 0 Å². The highest BCUT2D eigenvalue weighted by atomic mass is 16.3. The zero-order chi connectivity index (χ0) is 29.5. The number of phenols is 2. The number of rotatable bonds is 25. The molecule has 0 fully saturated rings. The minimum Gasteiger partial charge on any atom is -0.508 e. The Kier molecular flexibility index (Phi) is 19.4. The van der Waals surface area contributed by atoms with Crippen molar-refractivity contribution in [3.63, 3.8) is 0 Å². The Labute approximate surface area is 254 Å². The lowest BCUT2D eigenvalue weighted by Crippen LogP contribution is -2.04. The second kappa shape index (κ2) is 22.6. The summed E-state index contributed by atoms with van der Waals surface area (Å²) in [4.78, 5) is 0. The van der Waals surface area contributed by atoms with Gasteiger partial charge in [-0.05, 0) is 66.5 Å². The molecule has 0 aliphatic heterocycles. The summed E-state index contributed by atoms with van der Waals surface area (Å²) < 4.78 is 0. The summed E-state index contributed by atoms with van der Waals surface area (Å²) >= 11 is 0. The molecule has 0 radical (unpaired) electrons. The first-order valence-corrected chi connectivity index (χ1v) is 17.7. The third-order valence-corrected chi connectivity index (χ3v) is 8.96. The molecule has 0 aliphatic carbocycles. The van der Waals surface area contributed by atoms with E-state index in [4.69, 9.17) is 0 Å². The molecule has 0 unspecified atom stereocenters. The summed E-state index contributed by atoms with van der Waals surface area (Å²) in [6.45, 7) is 6.70. The van der Waals surface area contributed by atoms with Crippen molar-refractivity contribution in [2.24, 2.45) is 0 Å². The molecule has 2 nitrogen and oxygen atoms in total. The van der Waals surface area contributed by atoms with E-state index >= 15 is 0 Å². The summed E-state index contributed by atoms with van der Waals surface area (Å²) in [7, 11) is 0. The van der Waals surface area contributed by atoms with Crippen LogP contribution in [0.25, 0.3) is 0 Å². The first kappa shape index (κ1) is 35.2. The molecule has 0 saturated carbocycles. The standard InChI is InChI=1S/C39H64O2/c1-4-7-10-11-12-13-14-15-16-17-18-19-20-21-22-23-26-37(33-27-29-38(40)35(31-33)24-8-5-2)34-28-30-39(41)36(32-34)25-9-6-3/h27-32,37,40-41H,4-26H2,1-3H3. The third-order valence-electron chi connectivity index (χ3n) is 8.96. The molecule has 0 saturated heterocycles. The van der Waals surface area contributed by atoms with Crippen LogP contribution in [0.2, 0.25) is 0 Å². The van der Waals surface area contributed by atoms with Gasteiger partial charge in [-0.3, -0.25) is 0 Å². The highest BCUT2D eigenvalue weighted by Gasteiger charge is 2.17. The number of phenolic OH excluding ortho intramolecular Hbond substituents is 2. The molecule has 232 valence electrons. The maximum Gasteiger partial charge on any atom is 0.118 e. The van der Waals surface area contributed by atoms with E-state index in [-0.39, 0.29) is 0 Å². The van der Waals surface area contributed by atoms with Crippen molar-refractivity contribution in [2.75, 3.05) is 0 Å². The van der Waals surface area contributed by atoms with E-state index in [1.54, 1.807) is 0 Å². The van der Waals surface area contributed by atoms with Gasteiger partial charge in [0.2, 0.25) is 0 Å². The Morgan fingerprint density at radius 1 is 0.439 bits per heavy atom. The molecular formula is C39H64O2. The second-order valence-electron chi connectivity index (χ2n) is 12.6. The van der Waals surface area contributed by atoms with Crippen molar-refractivity contribution >= 4 is 0 Å². The van der Waals surface area contributed by atoms with Crippen LogP contribution in [0.15, 0.2) is 36.4 Å². The molecular weight excluding hydrogens is 500 g/mol. The summed E-state index contributed by atoms with van der Waals surface area (Å²) in [5, 5.41) is 21.0. The normalized spacial score (nSPS) is 11.5. The molecule has 0 heterocycles. The van der Waals surface area contributed by atoms with Crippen LogP contribution in [-0.2, 0) is 12.8 Å². The summed E-state index contributed by atoms with van der Waals surface area (Å²) in [5.74, 6) is 1.17. The lowest BCUT2D eigenvalue weighted by molar-refractivity contribution is 0.466. The molecule has 2 aromatic carbocycles. The van der Waals surface area contributed by atoms with Crippen LogP contribution in [0.3, 0.4) is 0 Å². The Hall–Kier alpha value is -1.96. The van der Waals surface area contributed by atoms with E-state index in [1.165, 1.54) is 114 Å². The van der Waals surface area contributed by atoms with Gasteiger partial charge in [0, 0.05) is 5.92 Å². The molecule has 0 bridgehead atoms. The predicted octanol–water partition coefficient (Wildman–Crippen LogP) is 12.6. The Morgan fingerprint density at radius 2 is 0.780 bits per heavy atom. The first-order chi connectivity index (χ1) is 20.1. The molecule has 0 spiro atoms. The van der Waals surface area contributed by atoms with E-state index in [1.807, 2.05) is 12.1 Å². The average Bonchev–Trinajstić information content (AvgIpc) is 2.98. The zero-order valence-electron chi connectivity index (χ0n) is 27.2. The average molecular weight is 565 g/mol. The van der Waals surface area contributed by atoms with Gasteiger partial charge in [-0.1, -0.05) is 161 Å². The number of hydrogen-bond acceptors (Lipinski definition) is 2. The number of aryl methyl sites for hydroxylation is 2. The maximum absolute atomic E-state index is 10.5. The highest BCUT2D eigenvalue weighted by Crippen LogP contribution is 2.35. The molecule has 2 rings (SSSR count). The smallest absolute Gasteiger partial charge is 0.118 e. The SMILES string of the molecule is CCCCCCCCCCCCCCCCCCC(c1ccc(O)c(CCCC)c1)c1ccc(O)c(CCCC)c1. The lowest BCUT2D eigenvalue weighted by atomic mass is 9.84. The van der Waals surface area contributed by atoms with Crippen LogP contribution in [0.4, 0.5) is 0 Å². The molecule has 41 heavy (non-hydrogen) atoms. The van der Waals surface area contributed by atoms with Crippen molar-refractivity contribution in [3.8, 4) is 11.5 Å². The number of unbranched alkanes of at least 4 members (excludes halogenated alkanes) is 17. The summed E-state index contributed by atoms with van der Waals surface area (Å²) in [5.41, 5.74) is 4.77. The second-order valence-corrected chi connectivity index (χ2v) is 12.6. The van der Waals surface area contributed by atoms with Crippen LogP contribution >= 0.6 is 0 Å². The van der Waals surface area contributed by atoms with Crippen LogP contribution < -0.4 is 0 Å². The summed E-state index contributed by atoms with van der Waals surface area (Å²) in [6.07, 6.45) is 29.7. The molecule has 2 aromatic rings. The molecule has 2 heteroatoms. The van der Waals surface area contributed by atoms with Gasteiger partial charge in [-0.25, -0.2) is 0 Å². The van der Waals surface area contributed by atoms with Gasteiger partial charge in [0.15, 0.2) is 0 Å². The zero-order valence-corrected chi connectivity index (χ0v) is 27.2. The van der Waals surface area contributed by atoms with Gasteiger partial charge in [-0.2, -0.15) is 0 Å².